The normalized spacial score (nSPS) is 15.1. The van der Waals surface area contributed by atoms with Crippen molar-refractivity contribution in [3.63, 3.8) is 0 Å². The van der Waals surface area contributed by atoms with Crippen LogP contribution in [0.3, 0.4) is 0 Å². The molecule has 1 N–H and O–H groups in total. The Morgan fingerprint density at radius 3 is 2.95 bits per heavy atom. The summed E-state index contributed by atoms with van der Waals surface area (Å²) in [6.07, 6.45) is 1.91. The number of carbonyl (C=O) groups is 2. The lowest BCUT2D eigenvalue weighted by molar-refractivity contribution is -0.120. The van der Waals surface area contributed by atoms with Gasteiger partial charge in [-0.3, -0.25) is 15.0 Å². The van der Waals surface area contributed by atoms with Crippen LogP contribution < -0.4 is 15.0 Å². The molecule has 1 aliphatic rings. The second-order valence-corrected chi connectivity index (χ2v) is 4.88. The van der Waals surface area contributed by atoms with E-state index in [0.29, 0.717) is 24.6 Å². The predicted octanol–water partition coefficient (Wildman–Crippen LogP) is 2.46. The van der Waals surface area contributed by atoms with E-state index < -0.39 is 6.03 Å². The minimum atomic E-state index is -0.433. The first-order chi connectivity index (χ1) is 9.11. The summed E-state index contributed by atoms with van der Waals surface area (Å²) in [5, 5.41) is 2.29. The van der Waals surface area contributed by atoms with Crippen LogP contribution in [0.2, 0.25) is 0 Å². The van der Waals surface area contributed by atoms with Gasteiger partial charge in [0.15, 0.2) is 0 Å². The Kier molecular flexibility index (Phi) is 4.21. The lowest BCUT2D eigenvalue weighted by atomic mass is 10.2. The Morgan fingerprint density at radius 1 is 1.47 bits per heavy atom. The topological polar surface area (TPSA) is 58.6 Å². The zero-order valence-corrected chi connectivity index (χ0v) is 11.8. The Balaban J connectivity index is 2.31. The van der Waals surface area contributed by atoms with Gasteiger partial charge < -0.3 is 4.74 Å². The maximum absolute atomic E-state index is 11.8. The first-order valence-corrected chi connectivity index (χ1v) is 6.55. The van der Waals surface area contributed by atoms with Gasteiger partial charge in [0.2, 0.25) is 5.91 Å². The van der Waals surface area contributed by atoms with Crippen molar-refractivity contribution in [1.29, 1.82) is 0 Å². The fourth-order valence-electron chi connectivity index (χ4n) is 1.77. The third kappa shape index (κ3) is 3.14. The molecular weight excluding hydrogens is 312 g/mol. The molecule has 100 valence electrons. The number of rotatable bonds is 4. The highest BCUT2D eigenvalue weighted by molar-refractivity contribution is 9.10. The summed E-state index contributed by atoms with van der Waals surface area (Å²) in [7, 11) is 0. The van der Waals surface area contributed by atoms with Crippen LogP contribution in [-0.2, 0) is 4.79 Å². The number of imide groups is 1. The number of nitrogens with one attached hydrogen (secondary N) is 1. The molecule has 0 bridgehead atoms. The van der Waals surface area contributed by atoms with Gasteiger partial charge in [0.05, 0.1) is 5.69 Å². The number of ether oxygens (including phenoxy) is 1. The first-order valence-electron chi connectivity index (χ1n) is 5.76. The third-order valence-electron chi connectivity index (χ3n) is 2.62. The second-order valence-electron chi connectivity index (χ2n) is 3.97. The second kappa shape index (κ2) is 5.88. The lowest BCUT2D eigenvalue weighted by Crippen LogP contribution is -2.49. The van der Waals surface area contributed by atoms with Crippen LogP contribution >= 0.6 is 15.9 Å². The molecule has 0 radical (unpaired) electrons. The summed E-state index contributed by atoms with van der Waals surface area (Å²) in [6, 6.07) is 4.95. The fraction of sp³-hybridized carbons (Fsp3) is 0.231. The van der Waals surface area contributed by atoms with Crippen molar-refractivity contribution in [3.8, 4) is 5.75 Å². The van der Waals surface area contributed by atoms with Crippen molar-refractivity contribution in [1.82, 2.24) is 5.32 Å². The molecule has 1 fully saturated rings. The summed E-state index contributed by atoms with van der Waals surface area (Å²) < 4.78 is 6.36. The summed E-state index contributed by atoms with van der Waals surface area (Å²) in [5.41, 5.74) is 0.626. The van der Waals surface area contributed by atoms with Crippen molar-refractivity contribution in [3.05, 3.63) is 35.3 Å². The van der Waals surface area contributed by atoms with Gasteiger partial charge >= 0.3 is 6.03 Å². The monoisotopic (exact) mass is 324 g/mol. The van der Waals surface area contributed by atoms with Gasteiger partial charge in [0.25, 0.3) is 0 Å². The van der Waals surface area contributed by atoms with Gasteiger partial charge in [0, 0.05) is 17.4 Å². The predicted molar refractivity (Wildman–Crippen MR) is 75.3 cm³/mol. The van der Waals surface area contributed by atoms with Crippen LogP contribution in [0.5, 0.6) is 5.75 Å². The molecule has 0 atom stereocenters. The molecule has 6 heteroatoms. The van der Waals surface area contributed by atoms with Crippen molar-refractivity contribution >= 4 is 33.6 Å². The van der Waals surface area contributed by atoms with Crippen LogP contribution in [0.4, 0.5) is 10.5 Å². The number of amides is 3. The Bertz CT molecular complexity index is 531. The van der Waals surface area contributed by atoms with Crippen molar-refractivity contribution in [2.24, 2.45) is 0 Å². The van der Waals surface area contributed by atoms with Gasteiger partial charge in [-0.1, -0.05) is 28.6 Å². The molecular formula is C13H13BrN2O3. The minimum absolute atomic E-state index is 0.259. The highest BCUT2D eigenvalue weighted by Gasteiger charge is 2.26. The van der Waals surface area contributed by atoms with Crippen LogP contribution in [0.15, 0.2) is 35.3 Å². The molecule has 0 aromatic heterocycles. The molecule has 0 aliphatic carbocycles. The molecule has 1 aromatic carbocycles. The number of urea groups is 1. The molecule has 1 aromatic rings. The van der Waals surface area contributed by atoms with E-state index in [4.69, 9.17) is 4.74 Å². The van der Waals surface area contributed by atoms with Crippen LogP contribution in [0.25, 0.3) is 0 Å². The standard InChI is InChI=1S/C13H13BrN2O3/c1-2-7-19-11-4-3-9(14)8-10(11)16-6-5-12(17)15-13(16)18/h2-4,8H,1,5-7H2,(H,15,17,18). The summed E-state index contributed by atoms with van der Waals surface area (Å²) in [4.78, 5) is 24.5. The largest absolute Gasteiger partial charge is 0.487 e. The number of halogens is 1. The Labute approximate surface area is 119 Å². The molecule has 1 saturated heterocycles. The van der Waals surface area contributed by atoms with Crippen molar-refractivity contribution in [2.75, 3.05) is 18.1 Å². The zero-order valence-electron chi connectivity index (χ0n) is 10.2. The van der Waals surface area contributed by atoms with Gasteiger partial charge in [-0.25, -0.2) is 4.79 Å². The van der Waals surface area contributed by atoms with Gasteiger partial charge in [-0.05, 0) is 18.2 Å². The Hall–Kier alpha value is -1.82. The van der Waals surface area contributed by atoms with E-state index in [2.05, 4.69) is 27.8 Å². The molecule has 1 aliphatic heterocycles. The van der Waals surface area contributed by atoms with E-state index in [9.17, 15) is 9.59 Å². The zero-order chi connectivity index (χ0) is 13.8. The molecule has 0 spiro atoms. The molecule has 3 amide bonds. The molecule has 19 heavy (non-hydrogen) atoms. The lowest BCUT2D eigenvalue weighted by Gasteiger charge is -2.28. The van der Waals surface area contributed by atoms with Crippen LogP contribution in [0, 0.1) is 0 Å². The minimum Gasteiger partial charge on any atom is -0.487 e. The van der Waals surface area contributed by atoms with Crippen molar-refractivity contribution < 1.29 is 14.3 Å². The number of carbonyl (C=O) groups excluding carboxylic acids is 2. The van der Waals surface area contributed by atoms with Crippen LogP contribution in [-0.4, -0.2) is 25.1 Å². The Morgan fingerprint density at radius 2 is 2.26 bits per heavy atom. The smallest absolute Gasteiger partial charge is 0.328 e. The maximum Gasteiger partial charge on any atom is 0.328 e. The summed E-state index contributed by atoms with van der Waals surface area (Å²) in [5.74, 6) is 0.317. The highest BCUT2D eigenvalue weighted by Crippen LogP contribution is 2.32. The number of nitrogens with zero attached hydrogens (tertiary/aromatic N) is 1. The van der Waals surface area contributed by atoms with Gasteiger partial charge in [-0.15, -0.1) is 0 Å². The first kappa shape index (κ1) is 13.6. The number of benzene rings is 1. The van der Waals surface area contributed by atoms with E-state index in [1.54, 1.807) is 18.2 Å². The quantitative estimate of drug-likeness (QED) is 0.865. The van der Waals surface area contributed by atoms with Crippen LogP contribution in [0.1, 0.15) is 6.42 Å². The van der Waals surface area contributed by atoms with Gasteiger partial charge in [-0.2, -0.15) is 0 Å². The molecule has 5 nitrogen and oxygen atoms in total. The number of hydrogen-bond donors (Lipinski definition) is 1. The average Bonchev–Trinajstić information content (AvgIpc) is 2.37. The van der Waals surface area contributed by atoms with Gasteiger partial charge in [0.1, 0.15) is 12.4 Å². The molecule has 0 saturated carbocycles. The van der Waals surface area contributed by atoms with E-state index in [1.165, 1.54) is 4.90 Å². The number of hydrogen-bond acceptors (Lipinski definition) is 3. The average molecular weight is 325 g/mol. The van der Waals surface area contributed by atoms with E-state index in [1.807, 2.05) is 6.07 Å². The van der Waals surface area contributed by atoms with Crippen molar-refractivity contribution in [2.45, 2.75) is 6.42 Å². The molecule has 1 heterocycles. The van der Waals surface area contributed by atoms with E-state index in [-0.39, 0.29) is 12.3 Å². The summed E-state index contributed by atoms with van der Waals surface area (Å²) in [6.45, 7) is 4.28. The SMILES string of the molecule is C=CCOc1ccc(Br)cc1N1CCC(=O)NC1=O. The molecule has 2 rings (SSSR count). The molecule has 0 unspecified atom stereocenters. The van der Waals surface area contributed by atoms with E-state index >= 15 is 0 Å². The summed E-state index contributed by atoms with van der Waals surface area (Å²) >= 11 is 3.36. The maximum atomic E-state index is 11.8. The number of anilines is 1. The fourth-order valence-corrected chi connectivity index (χ4v) is 2.12. The highest BCUT2D eigenvalue weighted by atomic mass is 79.9. The third-order valence-corrected chi connectivity index (χ3v) is 3.12. The van der Waals surface area contributed by atoms with E-state index in [0.717, 1.165) is 4.47 Å².